The normalized spacial score (nSPS) is 16.4. The first-order chi connectivity index (χ1) is 13.0. The van der Waals surface area contributed by atoms with Crippen LogP contribution >= 0.6 is 0 Å². The second-order valence-corrected chi connectivity index (χ2v) is 6.59. The summed E-state index contributed by atoms with van der Waals surface area (Å²) >= 11 is 0. The molecule has 0 radical (unpaired) electrons. The number of carbonyl (C=O) groups excluding carboxylic acids is 2. The SMILES string of the molecule is CCC(NC(=O)c1cc(C(C=NC)=CN)cnc1N)C(=O)NC1CCCC1. The third-order valence-electron chi connectivity index (χ3n) is 4.68. The van der Waals surface area contributed by atoms with Crippen molar-refractivity contribution in [3.8, 4) is 0 Å². The fourth-order valence-electron chi connectivity index (χ4n) is 3.13. The van der Waals surface area contributed by atoms with Gasteiger partial charge >= 0.3 is 0 Å². The van der Waals surface area contributed by atoms with Gasteiger partial charge in [0.1, 0.15) is 11.9 Å². The van der Waals surface area contributed by atoms with Gasteiger partial charge in [0, 0.05) is 42.8 Å². The molecular weight excluding hydrogens is 344 g/mol. The van der Waals surface area contributed by atoms with E-state index in [4.69, 9.17) is 11.5 Å². The minimum Gasteiger partial charge on any atom is -0.404 e. The van der Waals surface area contributed by atoms with Gasteiger partial charge in [-0.15, -0.1) is 0 Å². The van der Waals surface area contributed by atoms with Gasteiger partial charge in [-0.2, -0.15) is 0 Å². The maximum Gasteiger partial charge on any atom is 0.255 e. The van der Waals surface area contributed by atoms with E-state index in [9.17, 15) is 9.59 Å². The van der Waals surface area contributed by atoms with Crippen LogP contribution in [0.3, 0.4) is 0 Å². The number of amides is 2. The smallest absolute Gasteiger partial charge is 0.255 e. The van der Waals surface area contributed by atoms with Crippen LogP contribution in [0.1, 0.15) is 54.9 Å². The Morgan fingerprint density at radius 3 is 2.70 bits per heavy atom. The number of carbonyl (C=O) groups is 2. The number of pyridine rings is 1. The molecule has 1 aromatic heterocycles. The summed E-state index contributed by atoms with van der Waals surface area (Å²) in [7, 11) is 1.62. The molecule has 1 aliphatic carbocycles. The lowest BCUT2D eigenvalue weighted by Crippen LogP contribution is -2.48. The molecule has 2 rings (SSSR count). The fourth-order valence-corrected chi connectivity index (χ4v) is 3.13. The number of allylic oxidation sites excluding steroid dienone is 1. The second kappa shape index (κ2) is 9.70. The van der Waals surface area contributed by atoms with E-state index >= 15 is 0 Å². The Labute approximate surface area is 159 Å². The summed E-state index contributed by atoms with van der Waals surface area (Å²) in [4.78, 5) is 33.2. The van der Waals surface area contributed by atoms with Crippen LogP contribution in [0.5, 0.6) is 0 Å². The average molecular weight is 372 g/mol. The first-order valence-corrected chi connectivity index (χ1v) is 9.21. The van der Waals surface area contributed by atoms with Gasteiger partial charge in [0.2, 0.25) is 5.91 Å². The number of anilines is 1. The highest BCUT2D eigenvalue weighted by atomic mass is 16.2. The average Bonchev–Trinajstić information content (AvgIpc) is 3.17. The van der Waals surface area contributed by atoms with Crippen LogP contribution in [-0.2, 0) is 4.79 Å². The molecule has 8 nitrogen and oxygen atoms in total. The van der Waals surface area contributed by atoms with E-state index in [1.54, 1.807) is 19.3 Å². The summed E-state index contributed by atoms with van der Waals surface area (Å²) in [5.74, 6) is -0.520. The van der Waals surface area contributed by atoms with Crippen LogP contribution in [0, 0.1) is 0 Å². The van der Waals surface area contributed by atoms with Crippen LogP contribution in [0.15, 0.2) is 23.5 Å². The number of nitrogen functional groups attached to an aromatic ring is 1. The van der Waals surface area contributed by atoms with Crippen molar-refractivity contribution < 1.29 is 9.59 Å². The van der Waals surface area contributed by atoms with E-state index in [0.717, 1.165) is 25.7 Å². The zero-order chi connectivity index (χ0) is 19.8. The molecule has 1 aromatic rings. The van der Waals surface area contributed by atoms with Crippen molar-refractivity contribution in [1.82, 2.24) is 15.6 Å². The molecule has 1 heterocycles. The highest BCUT2D eigenvalue weighted by Gasteiger charge is 2.25. The van der Waals surface area contributed by atoms with Gasteiger partial charge in [-0.05, 0) is 25.3 Å². The number of hydrogen-bond acceptors (Lipinski definition) is 6. The molecule has 146 valence electrons. The zero-order valence-electron chi connectivity index (χ0n) is 15.9. The Morgan fingerprint density at radius 2 is 2.11 bits per heavy atom. The molecule has 6 N–H and O–H groups in total. The van der Waals surface area contributed by atoms with Crippen LogP contribution in [-0.4, -0.2) is 42.1 Å². The first-order valence-electron chi connectivity index (χ1n) is 9.21. The lowest BCUT2D eigenvalue weighted by Gasteiger charge is -2.20. The Morgan fingerprint density at radius 1 is 1.41 bits per heavy atom. The summed E-state index contributed by atoms with van der Waals surface area (Å²) < 4.78 is 0. The summed E-state index contributed by atoms with van der Waals surface area (Å²) in [6, 6.07) is 1.17. The molecule has 0 spiro atoms. The monoisotopic (exact) mass is 372 g/mol. The van der Waals surface area contributed by atoms with E-state index in [1.165, 1.54) is 12.4 Å². The number of aliphatic imine (C=N–C) groups is 1. The molecule has 8 heteroatoms. The van der Waals surface area contributed by atoms with Gasteiger partial charge < -0.3 is 22.1 Å². The second-order valence-electron chi connectivity index (χ2n) is 6.59. The lowest BCUT2D eigenvalue weighted by atomic mass is 10.1. The quantitative estimate of drug-likeness (QED) is 0.534. The minimum absolute atomic E-state index is 0.0899. The maximum atomic E-state index is 12.7. The van der Waals surface area contributed by atoms with Crippen LogP contribution in [0.25, 0.3) is 5.57 Å². The fraction of sp³-hybridized carbons (Fsp3) is 0.474. The van der Waals surface area contributed by atoms with Crippen molar-refractivity contribution in [3.63, 3.8) is 0 Å². The Bertz CT molecular complexity index is 738. The number of rotatable bonds is 7. The molecule has 0 aromatic carbocycles. The summed E-state index contributed by atoms with van der Waals surface area (Å²) in [6.07, 6.45) is 9.18. The molecule has 0 bridgehead atoms. The molecule has 1 aliphatic rings. The van der Waals surface area contributed by atoms with Crippen molar-refractivity contribution >= 4 is 29.4 Å². The number of nitrogens with zero attached hydrogens (tertiary/aromatic N) is 2. The molecular formula is C19H28N6O2. The highest BCUT2D eigenvalue weighted by Crippen LogP contribution is 2.19. The molecule has 0 aliphatic heterocycles. The van der Waals surface area contributed by atoms with Crippen molar-refractivity contribution in [2.75, 3.05) is 12.8 Å². The van der Waals surface area contributed by atoms with Gasteiger partial charge in [-0.1, -0.05) is 19.8 Å². The van der Waals surface area contributed by atoms with E-state index in [1.807, 2.05) is 6.92 Å². The Balaban J connectivity index is 2.14. The van der Waals surface area contributed by atoms with Crippen molar-refractivity contribution in [3.05, 3.63) is 29.6 Å². The molecule has 2 amide bonds. The van der Waals surface area contributed by atoms with Gasteiger partial charge in [-0.3, -0.25) is 14.6 Å². The number of nitrogens with two attached hydrogens (primary N) is 2. The Kier molecular flexibility index (Phi) is 7.34. The van der Waals surface area contributed by atoms with Crippen LogP contribution < -0.4 is 22.1 Å². The van der Waals surface area contributed by atoms with Gasteiger partial charge in [-0.25, -0.2) is 4.98 Å². The predicted octanol–water partition coefficient (Wildman–Crippen LogP) is 1.23. The largest absolute Gasteiger partial charge is 0.404 e. The lowest BCUT2D eigenvalue weighted by molar-refractivity contribution is -0.123. The van der Waals surface area contributed by atoms with Gasteiger partial charge in [0.05, 0.1) is 5.56 Å². The maximum absolute atomic E-state index is 12.7. The minimum atomic E-state index is -0.622. The standard InChI is InChI=1S/C19H28N6O2/c1-3-16(19(27)24-14-6-4-5-7-14)25-18(26)15-8-12(11-23-17(15)21)13(9-20)10-22-2/h8-11,14,16H,3-7,20H2,1-2H3,(H2,21,23)(H,24,27)(H,25,26). The van der Waals surface area contributed by atoms with Gasteiger partial charge in [0.25, 0.3) is 5.91 Å². The van der Waals surface area contributed by atoms with E-state index in [2.05, 4.69) is 20.6 Å². The highest BCUT2D eigenvalue weighted by molar-refractivity contribution is 6.10. The topological polar surface area (TPSA) is 135 Å². The van der Waals surface area contributed by atoms with E-state index < -0.39 is 11.9 Å². The summed E-state index contributed by atoms with van der Waals surface area (Å²) in [5, 5.41) is 5.77. The van der Waals surface area contributed by atoms with E-state index in [0.29, 0.717) is 17.6 Å². The van der Waals surface area contributed by atoms with Crippen LogP contribution in [0.2, 0.25) is 0 Å². The number of aromatic nitrogens is 1. The van der Waals surface area contributed by atoms with Crippen molar-refractivity contribution in [2.45, 2.75) is 51.1 Å². The zero-order valence-corrected chi connectivity index (χ0v) is 15.9. The molecule has 1 saturated carbocycles. The molecule has 1 atom stereocenters. The third kappa shape index (κ3) is 5.29. The number of hydrogen-bond donors (Lipinski definition) is 4. The Hall–Kier alpha value is -2.90. The summed E-state index contributed by atoms with van der Waals surface area (Å²) in [6.45, 7) is 1.85. The van der Waals surface area contributed by atoms with Crippen molar-refractivity contribution in [2.24, 2.45) is 10.7 Å². The molecule has 1 unspecified atom stereocenters. The third-order valence-corrected chi connectivity index (χ3v) is 4.68. The predicted molar refractivity (Wildman–Crippen MR) is 107 cm³/mol. The van der Waals surface area contributed by atoms with E-state index in [-0.39, 0.29) is 23.3 Å². The van der Waals surface area contributed by atoms with Crippen LogP contribution in [0.4, 0.5) is 5.82 Å². The molecule has 1 fully saturated rings. The number of nitrogens with one attached hydrogen (secondary N) is 2. The summed E-state index contributed by atoms with van der Waals surface area (Å²) in [5.41, 5.74) is 12.9. The molecule has 27 heavy (non-hydrogen) atoms. The van der Waals surface area contributed by atoms with Crippen molar-refractivity contribution in [1.29, 1.82) is 0 Å². The first kappa shape index (κ1) is 20.4. The molecule has 0 saturated heterocycles. The van der Waals surface area contributed by atoms with Gasteiger partial charge in [0.15, 0.2) is 0 Å².